The van der Waals surface area contributed by atoms with Gasteiger partial charge >= 0.3 is 0 Å². The van der Waals surface area contributed by atoms with Crippen LogP contribution < -0.4 is 5.32 Å². The second-order valence-corrected chi connectivity index (χ2v) is 7.15. The van der Waals surface area contributed by atoms with E-state index in [1.807, 2.05) is 25.1 Å². The number of amides is 1. The fourth-order valence-electron chi connectivity index (χ4n) is 2.99. The van der Waals surface area contributed by atoms with E-state index in [1.54, 1.807) is 0 Å². The fraction of sp³-hybridized carbons (Fsp3) is 0.158. The number of aryl methyl sites for hydroxylation is 2. The van der Waals surface area contributed by atoms with E-state index in [0.717, 1.165) is 16.7 Å². The summed E-state index contributed by atoms with van der Waals surface area (Å²) in [5.41, 5.74) is 0.493. The molecule has 0 saturated heterocycles. The number of carbonyl (C=O) groups is 1. The van der Waals surface area contributed by atoms with Gasteiger partial charge in [-0.1, -0.05) is 24.3 Å². The van der Waals surface area contributed by atoms with E-state index in [-0.39, 0.29) is 10.9 Å². The molecule has 28 heavy (non-hydrogen) atoms. The number of rotatable bonds is 3. The summed E-state index contributed by atoms with van der Waals surface area (Å²) in [7, 11) is 0. The van der Waals surface area contributed by atoms with Crippen LogP contribution in [0, 0.1) is 30.2 Å². The Balaban J connectivity index is 1.78. The number of nitrogens with one attached hydrogen (secondary N) is 1. The van der Waals surface area contributed by atoms with Crippen LogP contribution in [0.4, 0.5) is 22.7 Å². The molecule has 2 aromatic heterocycles. The van der Waals surface area contributed by atoms with E-state index in [9.17, 15) is 22.4 Å². The van der Waals surface area contributed by atoms with Crippen LogP contribution >= 0.6 is 11.3 Å². The van der Waals surface area contributed by atoms with Gasteiger partial charge in [0.15, 0.2) is 22.3 Å². The standard InChI is InChI=1S/C19H12F4N2O2S/c1-3-8-4-5-9-10(6-8)28-19(24-9)25-18(26)11-7(2)27-17-12(11)13(20)14(21)15(22)16(17)23/h4-6H,3H2,1-2H3,(H,24,25,26). The number of carbonyl (C=O) groups excluding carboxylic acids is 1. The van der Waals surface area contributed by atoms with Gasteiger partial charge in [-0.15, -0.1) is 0 Å². The predicted molar refractivity (Wildman–Crippen MR) is 97.7 cm³/mol. The monoisotopic (exact) mass is 408 g/mol. The van der Waals surface area contributed by atoms with Crippen LogP contribution in [0.3, 0.4) is 0 Å². The second kappa shape index (κ2) is 6.59. The van der Waals surface area contributed by atoms with Gasteiger partial charge < -0.3 is 4.42 Å². The number of nitrogens with zero attached hydrogens (tertiary/aromatic N) is 1. The molecule has 144 valence electrons. The van der Waals surface area contributed by atoms with E-state index in [1.165, 1.54) is 18.3 Å². The van der Waals surface area contributed by atoms with Gasteiger partial charge in [-0.05, 0) is 31.0 Å². The van der Waals surface area contributed by atoms with Crippen molar-refractivity contribution in [3.8, 4) is 0 Å². The van der Waals surface area contributed by atoms with Crippen LogP contribution in [0.25, 0.3) is 21.2 Å². The average molecular weight is 408 g/mol. The first-order valence-corrected chi connectivity index (χ1v) is 9.09. The summed E-state index contributed by atoms with van der Waals surface area (Å²) in [6.45, 7) is 3.28. The molecule has 2 heterocycles. The zero-order valence-electron chi connectivity index (χ0n) is 14.6. The molecular weight excluding hydrogens is 396 g/mol. The molecule has 0 aliphatic carbocycles. The molecule has 2 aromatic carbocycles. The smallest absolute Gasteiger partial charge is 0.261 e. The highest BCUT2D eigenvalue weighted by Gasteiger charge is 2.30. The minimum atomic E-state index is -2.01. The third-order valence-corrected chi connectivity index (χ3v) is 5.32. The molecule has 9 heteroatoms. The van der Waals surface area contributed by atoms with Crippen LogP contribution in [0.1, 0.15) is 28.6 Å². The molecule has 0 bridgehead atoms. The molecule has 0 fully saturated rings. The SMILES string of the molecule is CCc1ccc2nc(NC(=O)c3c(C)oc4c(F)c(F)c(F)c(F)c34)sc2c1. The van der Waals surface area contributed by atoms with E-state index in [2.05, 4.69) is 10.3 Å². The minimum absolute atomic E-state index is 0.176. The Hall–Kier alpha value is -2.94. The summed E-state index contributed by atoms with van der Waals surface area (Å²) in [6.07, 6.45) is 0.836. The Bertz CT molecular complexity index is 1260. The van der Waals surface area contributed by atoms with Crippen molar-refractivity contribution in [3.05, 3.63) is 58.4 Å². The number of hydrogen-bond acceptors (Lipinski definition) is 4. The van der Waals surface area contributed by atoms with E-state index in [4.69, 9.17) is 4.42 Å². The maximum atomic E-state index is 14.2. The number of aromatic nitrogens is 1. The molecule has 0 radical (unpaired) electrons. The van der Waals surface area contributed by atoms with Gasteiger partial charge in [0.05, 0.1) is 21.2 Å². The second-order valence-electron chi connectivity index (χ2n) is 6.12. The van der Waals surface area contributed by atoms with Gasteiger partial charge in [-0.25, -0.2) is 18.2 Å². The predicted octanol–water partition coefficient (Wildman–Crippen LogP) is 5.72. The summed E-state index contributed by atoms with van der Waals surface area (Å²) in [5.74, 6) is -8.42. The van der Waals surface area contributed by atoms with Crippen LogP contribution in [0.15, 0.2) is 22.6 Å². The van der Waals surface area contributed by atoms with Crippen molar-refractivity contribution in [2.45, 2.75) is 20.3 Å². The zero-order chi connectivity index (χ0) is 20.2. The van der Waals surface area contributed by atoms with Gasteiger partial charge in [-0.2, -0.15) is 4.39 Å². The highest BCUT2D eigenvalue weighted by molar-refractivity contribution is 7.22. The van der Waals surface area contributed by atoms with Gasteiger partial charge in [0.25, 0.3) is 5.91 Å². The lowest BCUT2D eigenvalue weighted by molar-refractivity contribution is 0.102. The molecule has 0 unspecified atom stereocenters. The van der Waals surface area contributed by atoms with Crippen molar-refractivity contribution in [1.29, 1.82) is 0 Å². The van der Waals surface area contributed by atoms with Gasteiger partial charge in [0.2, 0.25) is 11.6 Å². The van der Waals surface area contributed by atoms with Crippen LogP contribution in [-0.2, 0) is 6.42 Å². The average Bonchev–Trinajstić information content (AvgIpc) is 3.23. The van der Waals surface area contributed by atoms with Crippen molar-refractivity contribution in [2.24, 2.45) is 0 Å². The van der Waals surface area contributed by atoms with Crippen LogP contribution in [0.2, 0.25) is 0 Å². The number of anilines is 1. The quantitative estimate of drug-likeness (QED) is 0.268. The lowest BCUT2D eigenvalue weighted by Gasteiger charge is -2.03. The molecule has 4 nitrogen and oxygen atoms in total. The molecule has 0 spiro atoms. The Morgan fingerprint density at radius 2 is 1.86 bits per heavy atom. The maximum Gasteiger partial charge on any atom is 0.261 e. The highest BCUT2D eigenvalue weighted by atomic mass is 32.1. The minimum Gasteiger partial charge on any atom is -0.457 e. The lowest BCUT2D eigenvalue weighted by atomic mass is 10.1. The molecule has 1 amide bonds. The Kier molecular flexibility index (Phi) is 4.34. The molecular formula is C19H12F4N2O2S. The van der Waals surface area contributed by atoms with Crippen molar-refractivity contribution in [2.75, 3.05) is 5.32 Å². The highest BCUT2D eigenvalue weighted by Crippen LogP contribution is 2.34. The normalized spacial score (nSPS) is 11.5. The third kappa shape index (κ3) is 2.73. The van der Waals surface area contributed by atoms with Crippen LogP contribution in [-0.4, -0.2) is 10.9 Å². The Morgan fingerprint density at radius 1 is 1.14 bits per heavy atom. The van der Waals surface area contributed by atoms with E-state index in [0.29, 0.717) is 5.52 Å². The molecule has 0 atom stereocenters. The Labute approximate surface area is 159 Å². The summed E-state index contributed by atoms with van der Waals surface area (Å²) in [6, 6.07) is 5.66. The van der Waals surface area contributed by atoms with Gasteiger partial charge in [0.1, 0.15) is 5.76 Å². The lowest BCUT2D eigenvalue weighted by Crippen LogP contribution is -2.13. The first-order valence-electron chi connectivity index (χ1n) is 8.27. The summed E-state index contributed by atoms with van der Waals surface area (Å²) >= 11 is 1.20. The summed E-state index contributed by atoms with van der Waals surface area (Å²) < 4.78 is 61.1. The molecule has 0 saturated carbocycles. The third-order valence-electron chi connectivity index (χ3n) is 4.39. The molecule has 4 rings (SSSR count). The van der Waals surface area contributed by atoms with Crippen molar-refractivity contribution < 1.29 is 26.8 Å². The van der Waals surface area contributed by atoms with E-state index >= 15 is 0 Å². The first kappa shape index (κ1) is 18.4. The summed E-state index contributed by atoms with van der Waals surface area (Å²) in [5, 5.41) is 1.97. The largest absolute Gasteiger partial charge is 0.457 e. The van der Waals surface area contributed by atoms with Crippen LogP contribution in [0.5, 0.6) is 0 Å². The Morgan fingerprint density at radius 3 is 2.57 bits per heavy atom. The molecule has 4 aromatic rings. The fourth-order valence-corrected chi connectivity index (χ4v) is 3.91. The number of halogens is 4. The number of furan rings is 1. The first-order chi connectivity index (χ1) is 13.3. The number of benzene rings is 2. The number of fused-ring (bicyclic) bond motifs is 2. The van der Waals surface area contributed by atoms with Gasteiger partial charge in [0, 0.05) is 0 Å². The number of thiazole rings is 1. The summed E-state index contributed by atoms with van der Waals surface area (Å²) in [4.78, 5) is 16.9. The van der Waals surface area contributed by atoms with Crippen molar-refractivity contribution in [3.63, 3.8) is 0 Å². The molecule has 1 N–H and O–H groups in total. The van der Waals surface area contributed by atoms with Gasteiger partial charge in [-0.3, -0.25) is 10.1 Å². The van der Waals surface area contributed by atoms with E-state index < -0.39 is 45.7 Å². The maximum absolute atomic E-state index is 14.2. The zero-order valence-corrected chi connectivity index (χ0v) is 15.4. The molecule has 0 aliphatic rings. The topological polar surface area (TPSA) is 55.1 Å². The molecule has 0 aliphatic heterocycles. The number of hydrogen-bond donors (Lipinski definition) is 1. The van der Waals surface area contributed by atoms with Crippen molar-refractivity contribution >= 4 is 43.6 Å². The van der Waals surface area contributed by atoms with Crippen molar-refractivity contribution in [1.82, 2.24) is 4.98 Å².